The van der Waals surface area contributed by atoms with Gasteiger partial charge in [0.05, 0.1) is 0 Å². The number of hydrogen-bond acceptors (Lipinski definition) is 4. The van der Waals surface area contributed by atoms with E-state index in [0.717, 1.165) is 24.1 Å². The highest BCUT2D eigenvalue weighted by Crippen LogP contribution is 2.26. The van der Waals surface area contributed by atoms with Crippen LogP contribution in [0.3, 0.4) is 0 Å². The Bertz CT molecular complexity index is 808. The Morgan fingerprint density at radius 2 is 1.70 bits per heavy atom. The van der Waals surface area contributed by atoms with Gasteiger partial charge >= 0.3 is 6.09 Å². The van der Waals surface area contributed by atoms with Gasteiger partial charge in [-0.05, 0) is 44.9 Å². The van der Waals surface area contributed by atoms with Crippen LogP contribution >= 0.6 is 0 Å². The molecule has 1 fully saturated rings. The number of benzene rings is 2. The van der Waals surface area contributed by atoms with Crippen LogP contribution in [0.2, 0.25) is 0 Å². The second kappa shape index (κ2) is 7.92. The number of carbonyl (C=O) groups excluding carboxylic acids is 2. The Labute approximate surface area is 160 Å². The molecule has 1 aliphatic rings. The molecule has 1 aliphatic heterocycles. The molecule has 0 aliphatic carbocycles. The molecule has 1 amide bonds. The summed E-state index contributed by atoms with van der Waals surface area (Å²) in [5.74, 6) is -0.113. The quantitative estimate of drug-likeness (QED) is 0.790. The van der Waals surface area contributed by atoms with Gasteiger partial charge in [-0.15, -0.1) is 0 Å². The molecule has 3 rings (SSSR count). The van der Waals surface area contributed by atoms with E-state index < -0.39 is 17.7 Å². The van der Waals surface area contributed by atoms with Crippen molar-refractivity contribution in [3.05, 3.63) is 60.2 Å². The van der Waals surface area contributed by atoms with Crippen LogP contribution in [0.5, 0.6) is 0 Å². The Kier molecular flexibility index (Phi) is 5.61. The lowest BCUT2D eigenvalue weighted by molar-refractivity contribution is 0.0466. The second-order valence-electron chi connectivity index (χ2n) is 7.75. The van der Waals surface area contributed by atoms with E-state index in [1.807, 2.05) is 54.6 Å². The maximum Gasteiger partial charge on any atom is 0.408 e. The number of Topliss-reactive ketones (excluding diaryl/α,β-unsaturated/α-hetero) is 1. The molecule has 2 atom stereocenters. The standard InChI is InChI=1S/C22H26N2O3/c1-22(2,3)27-21(26)24-19(18-13-14-23-18)20(25)17-12-8-7-11-16(17)15-9-5-4-6-10-15/h4-12,18-19,23H,13-14H2,1-3H3,(H,24,26)/t18?,19-/m1/s1. The van der Waals surface area contributed by atoms with Crippen LogP contribution in [0.25, 0.3) is 11.1 Å². The van der Waals surface area contributed by atoms with Gasteiger partial charge in [0.25, 0.3) is 0 Å². The minimum atomic E-state index is -0.668. The molecule has 2 aromatic rings. The van der Waals surface area contributed by atoms with Crippen molar-refractivity contribution in [1.82, 2.24) is 10.6 Å². The summed E-state index contributed by atoms with van der Waals surface area (Å²) in [4.78, 5) is 25.7. The van der Waals surface area contributed by atoms with Crippen LogP contribution in [-0.4, -0.2) is 36.1 Å². The number of ether oxygens (including phenoxy) is 1. The molecule has 0 spiro atoms. The number of amides is 1. The van der Waals surface area contributed by atoms with Gasteiger partial charge in [0.2, 0.25) is 0 Å². The molecule has 0 aromatic heterocycles. The first-order valence-corrected chi connectivity index (χ1v) is 9.27. The molecule has 0 bridgehead atoms. The summed E-state index contributed by atoms with van der Waals surface area (Å²) in [6.07, 6.45) is 0.256. The molecular formula is C22H26N2O3. The Morgan fingerprint density at radius 3 is 2.30 bits per heavy atom. The fraction of sp³-hybridized carbons (Fsp3) is 0.364. The van der Waals surface area contributed by atoms with E-state index in [9.17, 15) is 9.59 Å². The van der Waals surface area contributed by atoms with Crippen molar-refractivity contribution in [2.24, 2.45) is 0 Å². The predicted octanol–water partition coefficient (Wildman–Crippen LogP) is 3.79. The van der Waals surface area contributed by atoms with Gasteiger partial charge in [0, 0.05) is 11.6 Å². The van der Waals surface area contributed by atoms with E-state index in [0.29, 0.717) is 5.56 Å². The summed E-state index contributed by atoms with van der Waals surface area (Å²) in [6.45, 7) is 6.24. The molecule has 27 heavy (non-hydrogen) atoms. The number of carbonyl (C=O) groups is 2. The van der Waals surface area contributed by atoms with Gasteiger partial charge in [-0.3, -0.25) is 4.79 Å². The molecule has 5 nitrogen and oxygen atoms in total. The first-order chi connectivity index (χ1) is 12.8. The Morgan fingerprint density at radius 1 is 1.07 bits per heavy atom. The monoisotopic (exact) mass is 366 g/mol. The largest absolute Gasteiger partial charge is 0.444 e. The summed E-state index contributed by atoms with van der Waals surface area (Å²) in [5, 5.41) is 6.01. The summed E-state index contributed by atoms with van der Waals surface area (Å²) >= 11 is 0. The van der Waals surface area contributed by atoms with Crippen LogP contribution in [0, 0.1) is 0 Å². The number of rotatable bonds is 5. The average molecular weight is 366 g/mol. The second-order valence-corrected chi connectivity index (χ2v) is 7.75. The molecular weight excluding hydrogens is 340 g/mol. The highest BCUT2D eigenvalue weighted by atomic mass is 16.6. The molecule has 1 heterocycles. The van der Waals surface area contributed by atoms with Gasteiger partial charge in [-0.25, -0.2) is 4.79 Å². The third-order valence-corrected chi connectivity index (χ3v) is 4.50. The van der Waals surface area contributed by atoms with Crippen molar-refractivity contribution in [1.29, 1.82) is 0 Å². The molecule has 1 unspecified atom stereocenters. The third-order valence-electron chi connectivity index (χ3n) is 4.50. The molecule has 0 radical (unpaired) electrons. The van der Waals surface area contributed by atoms with E-state index in [-0.39, 0.29) is 11.8 Å². The number of nitrogens with one attached hydrogen (secondary N) is 2. The molecule has 2 N–H and O–H groups in total. The maximum atomic E-state index is 13.4. The van der Waals surface area contributed by atoms with Crippen molar-refractivity contribution in [3.63, 3.8) is 0 Å². The van der Waals surface area contributed by atoms with E-state index in [1.165, 1.54) is 0 Å². The highest BCUT2D eigenvalue weighted by Gasteiger charge is 2.36. The van der Waals surface area contributed by atoms with E-state index in [4.69, 9.17) is 4.74 Å². The molecule has 142 valence electrons. The van der Waals surface area contributed by atoms with Crippen molar-refractivity contribution in [3.8, 4) is 11.1 Å². The zero-order valence-corrected chi connectivity index (χ0v) is 16.0. The topological polar surface area (TPSA) is 67.4 Å². The first kappa shape index (κ1) is 19.1. The van der Waals surface area contributed by atoms with Crippen LogP contribution in [-0.2, 0) is 4.74 Å². The zero-order chi connectivity index (χ0) is 19.4. The normalized spacial score (nSPS) is 17.5. The Hall–Kier alpha value is -2.66. The fourth-order valence-corrected chi connectivity index (χ4v) is 3.11. The van der Waals surface area contributed by atoms with E-state index in [1.54, 1.807) is 20.8 Å². The van der Waals surface area contributed by atoms with Crippen molar-refractivity contribution >= 4 is 11.9 Å². The van der Waals surface area contributed by atoms with Gasteiger partial charge < -0.3 is 15.4 Å². The van der Waals surface area contributed by atoms with Gasteiger partial charge in [-0.2, -0.15) is 0 Å². The lowest BCUT2D eigenvalue weighted by Crippen LogP contribution is -2.60. The maximum absolute atomic E-state index is 13.4. The van der Waals surface area contributed by atoms with Gasteiger partial charge in [0.15, 0.2) is 5.78 Å². The lowest BCUT2D eigenvalue weighted by Gasteiger charge is -2.35. The SMILES string of the molecule is CC(C)(C)OC(=O)N[C@@H](C(=O)c1ccccc1-c1ccccc1)C1CCN1. The van der Waals surface area contributed by atoms with Crippen LogP contribution < -0.4 is 10.6 Å². The van der Waals surface area contributed by atoms with Crippen LogP contribution in [0.1, 0.15) is 37.6 Å². The first-order valence-electron chi connectivity index (χ1n) is 9.27. The van der Waals surface area contributed by atoms with Gasteiger partial charge in [0.1, 0.15) is 11.6 Å². The lowest BCUT2D eigenvalue weighted by atomic mass is 9.88. The predicted molar refractivity (Wildman–Crippen MR) is 106 cm³/mol. The number of hydrogen-bond donors (Lipinski definition) is 2. The van der Waals surface area contributed by atoms with Gasteiger partial charge in [-0.1, -0.05) is 54.6 Å². The molecule has 1 saturated heterocycles. The van der Waals surface area contributed by atoms with Crippen molar-refractivity contribution < 1.29 is 14.3 Å². The molecule has 2 aromatic carbocycles. The minimum Gasteiger partial charge on any atom is -0.444 e. The van der Waals surface area contributed by atoms with Crippen molar-refractivity contribution in [2.45, 2.75) is 44.9 Å². The minimum absolute atomic E-state index is 0.0890. The third kappa shape index (κ3) is 4.74. The smallest absolute Gasteiger partial charge is 0.408 e. The average Bonchev–Trinajstić information content (AvgIpc) is 2.58. The summed E-state index contributed by atoms with van der Waals surface area (Å²) in [6, 6.07) is 16.5. The van der Waals surface area contributed by atoms with E-state index in [2.05, 4.69) is 10.6 Å². The van der Waals surface area contributed by atoms with Crippen LogP contribution in [0.4, 0.5) is 4.79 Å². The highest BCUT2D eigenvalue weighted by molar-refractivity contribution is 6.07. The van der Waals surface area contributed by atoms with Crippen molar-refractivity contribution in [2.75, 3.05) is 6.54 Å². The molecule has 0 saturated carbocycles. The summed E-state index contributed by atoms with van der Waals surface area (Å²) in [5.41, 5.74) is 1.81. The van der Waals surface area contributed by atoms with E-state index >= 15 is 0 Å². The fourth-order valence-electron chi connectivity index (χ4n) is 3.11. The summed E-state index contributed by atoms with van der Waals surface area (Å²) < 4.78 is 5.36. The summed E-state index contributed by atoms with van der Waals surface area (Å²) in [7, 11) is 0. The van der Waals surface area contributed by atoms with Crippen LogP contribution in [0.15, 0.2) is 54.6 Å². The number of ketones is 1. The number of alkyl carbamates (subject to hydrolysis) is 1. The molecule has 5 heteroatoms. The Balaban J connectivity index is 1.88. The zero-order valence-electron chi connectivity index (χ0n) is 16.0.